The van der Waals surface area contributed by atoms with Gasteiger partial charge in [-0.25, -0.2) is 4.39 Å². The number of halogens is 2. The minimum absolute atomic E-state index is 0.286. The molecule has 0 saturated carbocycles. The van der Waals surface area contributed by atoms with Crippen molar-refractivity contribution in [3.8, 4) is 0 Å². The summed E-state index contributed by atoms with van der Waals surface area (Å²) in [7, 11) is 1.78. The van der Waals surface area contributed by atoms with E-state index in [0.717, 1.165) is 0 Å². The molecule has 2 aromatic rings. The molecule has 1 heterocycles. The van der Waals surface area contributed by atoms with Crippen LogP contribution in [0.3, 0.4) is 0 Å². The van der Waals surface area contributed by atoms with E-state index in [0.29, 0.717) is 16.7 Å². The summed E-state index contributed by atoms with van der Waals surface area (Å²) in [5, 5.41) is 7.96. The van der Waals surface area contributed by atoms with Gasteiger partial charge >= 0.3 is 0 Å². The van der Waals surface area contributed by atoms with Gasteiger partial charge in [-0.05, 0) is 30.3 Å². The average Bonchev–Trinajstić information content (AvgIpc) is 2.29. The number of nitrogens with zero attached hydrogens (tertiary/aromatic N) is 3. The first-order chi connectivity index (χ1) is 7.66. The van der Waals surface area contributed by atoms with E-state index in [-0.39, 0.29) is 5.82 Å². The normalized spacial score (nSPS) is 10.2. The molecule has 5 heteroatoms. The Kier molecular flexibility index (Phi) is 3.01. The molecule has 0 atom stereocenters. The molecule has 0 aliphatic carbocycles. The second kappa shape index (κ2) is 4.45. The molecule has 0 fully saturated rings. The predicted octanol–water partition coefficient (Wildman–Crippen LogP) is 3.04. The number of aromatic nitrogens is 2. The quantitative estimate of drug-likeness (QED) is 0.804. The first-order valence-electron chi connectivity index (χ1n) is 4.65. The summed E-state index contributed by atoms with van der Waals surface area (Å²) in [5.41, 5.74) is 0.705. The molecule has 0 amide bonds. The largest absolute Gasteiger partial charge is 0.328 e. The van der Waals surface area contributed by atoms with Gasteiger partial charge in [-0.3, -0.25) is 0 Å². The van der Waals surface area contributed by atoms with Crippen LogP contribution in [0, 0.1) is 5.82 Å². The maximum Gasteiger partial charge on any atom is 0.155 e. The van der Waals surface area contributed by atoms with Gasteiger partial charge < -0.3 is 4.90 Å². The summed E-state index contributed by atoms with van der Waals surface area (Å²) in [6, 6.07) is 9.62. The highest BCUT2D eigenvalue weighted by atomic mass is 35.5. The highest BCUT2D eigenvalue weighted by molar-refractivity contribution is 6.29. The Hall–Kier alpha value is -1.68. The second-order valence-corrected chi connectivity index (χ2v) is 3.64. The number of rotatable bonds is 2. The lowest BCUT2D eigenvalue weighted by Crippen LogP contribution is -2.11. The number of anilines is 2. The van der Waals surface area contributed by atoms with Crippen molar-refractivity contribution in [1.29, 1.82) is 0 Å². The first-order valence-corrected chi connectivity index (χ1v) is 5.03. The third-order valence-electron chi connectivity index (χ3n) is 2.16. The molecular weight excluding hydrogens is 229 g/mol. The summed E-state index contributed by atoms with van der Waals surface area (Å²) in [5.74, 6) is 0.321. The Labute approximate surface area is 97.5 Å². The fourth-order valence-electron chi connectivity index (χ4n) is 1.30. The molecule has 3 nitrogen and oxygen atoms in total. The van der Waals surface area contributed by atoms with E-state index in [1.54, 1.807) is 36.2 Å². The predicted molar refractivity (Wildman–Crippen MR) is 61.5 cm³/mol. The van der Waals surface area contributed by atoms with Gasteiger partial charge in [0, 0.05) is 12.7 Å². The molecule has 0 radical (unpaired) electrons. The number of hydrogen-bond acceptors (Lipinski definition) is 3. The lowest BCUT2D eigenvalue weighted by atomic mass is 10.3. The minimum Gasteiger partial charge on any atom is -0.328 e. The van der Waals surface area contributed by atoms with Crippen LogP contribution in [0.4, 0.5) is 15.9 Å². The smallest absolute Gasteiger partial charge is 0.155 e. The van der Waals surface area contributed by atoms with Crippen molar-refractivity contribution < 1.29 is 4.39 Å². The van der Waals surface area contributed by atoms with Crippen LogP contribution in [0.2, 0.25) is 5.15 Å². The maximum atomic E-state index is 13.0. The molecule has 0 bridgehead atoms. The molecule has 2 rings (SSSR count). The zero-order chi connectivity index (χ0) is 11.5. The summed E-state index contributed by atoms with van der Waals surface area (Å²) in [6.07, 6.45) is 0. The lowest BCUT2D eigenvalue weighted by molar-refractivity contribution is 0.628. The monoisotopic (exact) mass is 237 g/mol. The SMILES string of the molecule is CN(c1cccc(F)c1)c1ccc(Cl)nn1. The first kappa shape index (κ1) is 10.8. The van der Waals surface area contributed by atoms with Crippen molar-refractivity contribution in [2.24, 2.45) is 0 Å². The third kappa shape index (κ3) is 2.28. The molecule has 0 aliphatic heterocycles. The lowest BCUT2D eigenvalue weighted by Gasteiger charge is -2.17. The zero-order valence-corrected chi connectivity index (χ0v) is 9.32. The zero-order valence-electron chi connectivity index (χ0n) is 8.56. The van der Waals surface area contributed by atoms with Crippen LogP contribution in [-0.2, 0) is 0 Å². The molecule has 0 spiro atoms. The number of hydrogen-bond donors (Lipinski definition) is 0. The summed E-state index contributed by atoms with van der Waals surface area (Å²) in [4.78, 5) is 1.73. The Balaban J connectivity index is 2.31. The second-order valence-electron chi connectivity index (χ2n) is 3.25. The van der Waals surface area contributed by atoms with Crippen molar-refractivity contribution in [2.45, 2.75) is 0 Å². The highest BCUT2D eigenvalue weighted by Crippen LogP contribution is 2.21. The van der Waals surface area contributed by atoms with Crippen LogP contribution in [0.15, 0.2) is 36.4 Å². The van der Waals surface area contributed by atoms with Crippen LogP contribution < -0.4 is 4.90 Å². The van der Waals surface area contributed by atoms with Crippen molar-refractivity contribution >= 4 is 23.1 Å². The molecule has 16 heavy (non-hydrogen) atoms. The van der Waals surface area contributed by atoms with Crippen LogP contribution in [0.25, 0.3) is 0 Å². The van der Waals surface area contributed by atoms with Crippen LogP contribution in [-0.4, -0.2) is 17.2 Å². The van der Waals surface area contributed by atoms with Crippen LogP contribution in [0.1, 0.15) is 0 Å². The average molecular weight is 238 g/mol. The van der Waals surface area contributed by atoms with Crippen LogP contribution >= 0.6 is 11.6 Å². The molecule has 0 N–H and O–H groups in total. The highest BCUT2D eigenvalue weighted by Gasteiger charge is 2.06. The van der Waals surface area contributed by atoms with E-state index in [2.05, 4.69) is 10.2 Å². The minimum atomic E-state index is -0.286. The van der Waals surface area contributed by atoms with E-state index in [9.17, 15) is 4.39 Å². The number of benzene rings is 1. The molecule has 0 unspecified atom stereocenters. The van der Waals surface area contributed by atoms with Gasteiger partial charge in [-0.1, -0.05) is 17.7 Å². The van der Waals surface area contributed by atoms with E-state index in [1.807, 2.05) is 0 Å². The fraction of sp³-hybridized carbons (Fsp3) is 0.0909. The Morgan fingerprint density at radius 2 is 2.00 bits per heavy atom. The third-order valence-corrected chi connectivity index (χ3v) is 2.36. The summed E-state index contributed by atoms with van der Waals surface area (Å²) >= 11 is 5.64. The van der Waals surface area contributed by atoms with Gasteiger partial charge in [0.05, 0.1) is 0 Å². The Morgan fingerprint density at radius 3 is 2.62 bits per heavy atom. The van der Waals surface area contributed by atoms with Crippen molar-refractivity contribution in [3.05, 3.63) is 47.4 Å². The summed E-state index contributed by atoms with van der Waals surface area (Å²) in [6.45, 7) is 0. The van der Waals surface area contributed by atoms with E-state index < -0.39 is 0 Å². The van der Waals surface area contributed by atoms with Gasteiger partial charge in [-0.15, -0.1) is 10.2 Å². The van der Waals surface area contributed by atoms with Gasteiger partial charge in [0.2, 0.25) is 0 Å². The van der Waals surface area contributed by atoms with Gasteiger partial charge in [0.1, 0.15) is 5.82 Å². The molecular formula is C11H9ClFN3. The van der Waals surface area contributed by atoms with E-state index in [1.165, 1.54) is 12.1 Å². The van der Waals surface area contributed by atoms with Crippen LogP contribution in [0.5, 0.6) is 0 Å². The fourth-order valence-corrected chi connectivity index (χ4v) is 1.41. The summed E-state index contributed by atoms with van der Waals surface area (Å²) < 4.78 is 13.0. The Morgan fingerprint density at radius 1 is 1.19 bits per heavy atom. The van der Waals surface area contributed by atoms with Crippen molar-refractivity contribution in [1.82, 2.24) is 10.2 Å². The topological polar surface area (TPSA) is 29.0 Å². The molecule has 1 aromatic heterocycles. The van der Waals surface area contributed by atoms with Gasteiger partial charge in [0.15, 0.2) is 11.0 Å². The van der Waals surface area contributed by atoms with Crippen molar-refractivity contribution in [3.63, 3.8) is 0 Å². The van der Waals surface area contributed by atoms with Crippen molar-refractivity contribution in [2.75, 3.05) is 11.9 Å². The standard InChI is InChI=1S/C11H9ClFN3/c1-16(9-4-2-3-8(13)7-9)11-6-5-10(12)14-15-11/h2-7H,1H3. The van der Waals surface area contributed by atoms with E-state index in [4.69, 9.17) is 11.6 Å². The van der Waals surface area contributed by atoms with Gasteiger partial charge in [0.25, 0.3) is 0 Å². The molecule has 0 aliphatic rings. The van der Waals surface area contributed by atoms with Gasteiger partial charge in [-0.2, -0.15) is 0 Å². The maximum absolute atomic E-state index is 13.0. The molecule has 0 saturated heterocycles. The molecule has 82 valence electrons. The van der Waals surface area contributed by atoms with E-state index >= 15 is 0 Å². The Bertz CT molecular complexity index is 487. The molecule has 1 aromatic carbocycles.